The first-order chi connectivity index (χ1) is 16.7. The van der Waals surface area contributed by atoms with Gasteiger partial charge in [-0.3, -0.25) is 4.79 Å². The van der Waals surface area contributed by atoms with Crippen LogP contribution in [-0.4, -0.2) is 64.4 Å². The van der Waals surface area contributed by atoms with Crippen LogP contribution in [0, 0.1) is 5.92 Å². The van der Waals surface area contributed by atoms with Gasteiger partial charge in [0.15, 0.2) is 5.60 Å². The molecule has 8 heteroatoms. The highest BCUT2D eigenvalue weighted by Gasteiger charge is 2.45. The number of benzene rings is 2. The Balaban J connectivity index is 1.42. The van der Waals surface area contributed by atoms with E-state index in [0.29, 0.717) is 18.8 Å². The lowest BCUT2D eigenvalue weighted by Crippen LogP contribution is -2.50. The number of nitrogens with one attached hydrogen (secondary N) is 1. The molecule has 1 aliphatic heterocycles. The summed E-state index contributed by atoms with van der Waals surface area (Å²) in [5.41, 5.74) is 2.49. The fraction of sp³-hybridized carbons (Fsp3) is 0.444. The molecule has 4 rings (SSSR count). The summed E-state index contributed by atoms with van der Waals surface area (Å²) >= 11 is 0. The minimum Gasteiger partial charge on any atom is -0.479 e. The number of carboxylic acid groups (broad SMARTS) is 1. The number of alkyl carbamates (subject to hydrolysis) is 1. The molecule has 0 radical (unpaired) electrons. The zero-order valence-corrected chi connectivity index (χ0v) is 20.1. The lowest BCUT2D eigenvalue weighted by Gasteiger charge is -2.26. The van der Waals surface area contributed by atoms with Crippen LogP contribution in [0.25, 0.3) is 11.1 Å². The number of hydrogen-bond acceptors (Lipinski definition) is 5. The Kier molecular flexibility index (Phi) is 7.12. The molecule has 0 spiro atoms. The van der Waals surface area contributed by atoms with E-state index in [4.69, 9.17) is 4.74 Å². The number of ether oxygens (including phenoxy) is 1. The molecule has 1 fully saturated rings. The van der Waals surface area contributed by atoms with Gasteiger partial charge in [-0.2, -0.15) is 0 Å². The van der Waals surface area contributed by atoms with Crippen molar-refractivity contribution in [2.24, 2.45) is 5.92 Å². The zero-order valence-electron chi connectivity index (χ0n) is 20.1. The molecule has 2 amide bonds. The van der Waals surface area contributed by atoms with E-state index in [1.807, 2.05) is 50.2 Å². The van der Waals surface area contributed by atoms with E-state index in [-0.39, 0.29) is 32.0 Å². The van der Waals surface area contributed by atoms with Crippen molar-refractivity contribution < 1.29 is 29.3 Å². The monoisotopic (exact) mass is 480 g/mol. The van der Waals surface area contributed by atoms with Crippen LogP contribution in [-0.2, 0) is 14.3 Å². The second-order valence-electron chi connectivity index (χ2n) is 9.84. The summed E-state index contributed by atoms with van der Waals surface area (Å²) in [6.45, 7) is 3.99. The van der Waals surface area contributed by atoms with E-state index in [1.54, 1.807) is 0 Å². The fourth-order valence-corrected chi connectivity index (χ4v) is 4.92. The molecular formula is C27H32N2O6. The molecule has 35 heavy (non-hydrogen) atoms. The number of aliphatic hydroxyl groups is 1. The third kappa shape index (κ3) is 5.17. The number of amides is 2. The van der Waals surface area contributed by atoms with Gasteiger partial charge in [-0.05, 0) is 41.0 Å². The molecule has 1 saturated heterocycles. The van der Waals surface area contributed by atoms with E-state index < -0.39 is 29.6 Å². The molecule has 2 atom stereocenters. The molecule has 2 aliphatic rings. The second kappa shape index (κ2) is 10.1. The Morgan fingerprint density at radius 1 is 1.06 bits per heavy atom. The number of aliphatic carboxylic acids is 1. The van der Waals surface area contributed by atoms with Crippen molar-refractivity contribution in [1.29, 1.82) is 0 Å². The van der Waals surface area contributed by atoms with Crippen LogP contribution in [0.5, 0.6) is 0 Å². The quantitative estimate of drug-likeness (QED) is 0.533. The third-order valence-corrected chi connectivity index (χ3v) is 6.92. The minimum absolute atomic E-state index is 0.0457. The van der Waals surface area contributed by atoms with Crippen molar-refractivity contribution in [1.82, 2.24) is 10.2 Å². The lowest BCUT2D eigenvalue weighted by molar-refractivity contribution is -0.157. The van der Waals surface area contributed by atoms with Crippen molar-refractivity contribution in [3.63, 3.8) is 0 Å². The summed E-state index contributed by atoms with van der Waals surface area (Å²) in [5.74, 6) is -1.54. The highest BCUT2D eigenvalue weighted by atomic mass is 16.5. The van der Waals surface area contributed by atoms with Crippen LogP contribution < -0.4 is 5.32 Å². The van der Waals surface area contributed by atoms with E-state index in [9.17, 15) is 24.6 Å². The van der Waals surface area contributed by atoms with Crippen LogP contribution in [0.15, 0.2) is 48.5 Å². The summed E-state index contributed by atoms with van der Waals surface area (Å²) in [5, 5.41) is 22.2. The van der Waals surface area contributed by atoms with Crippen molar-refractivity contribution >= 4 is 18.0 Å². The molecule has 1 heterocycles. The average molecular weight is 481 g/mol. The van der Waals surface area contributed by atoms with Crippen molar-refractivity contribution in [2.45, 2.75) is 50.7 Å². The van der Waals surface area contributed by atoms with Gasteiger partial charge in [0.25, 0.3) is 0 Å². The number of likely N-dealkylation sites (tertiary alicyclic amines) is 1. The lowest BCUT2D eigenvalue weighted by atomic mass is 9.98. The van der Waals surface area contributed by atoms with Crippen LogP contribution >= 0.6 is 0 Å². The number of nitrogens with zero attached hydrogens (tertiary/aromatic N) is 1. The fourth-order valence-electron chi connectivity index (χ4n) is 4.92. The summed E-state index contributed by atoms with van der Waals surface area (Å²) in [4.78, 5) is 38.6. The number of hydrogen-bond donors (Lipinski definition) is 3. The van der Waals surface area contributed by atoms with Crippen LogP contribution in [0.3, 0.4) is 0 Å². The second-order valence-corrected chi connectivity index (χ2v) is 9.84. The molecule has 2 aromatic rings. The molecule has 0 aromatic heterocycles. The predicted molar refractivity (Wildman–Crippen MR) is 130 cm³/mol. The van der Waals surface area contributed by atoms with E-state index in [2.05, 4.69) is 17.4 Å². The third-order valence-electron chi connectivity index (χ3n) is 6.92. The van der Waals surface area contributed by atoms with Gasteiger partial charge in [-0.1, -0.05) is 62.4 Å². The summed E-state index contributed by atoms with van der Waals surface area (Å²) in [6, 6.07) is 15.2. The molecule has 1 aliphatic carbocycles. The van der Waals surface area contributed by atoms with Gasteiger partial charge in [-0.25, -0.2) is 9.59 Å². The summed E-state index contributed by atoms with van der Waals surface area (Å²) in [7, 11) is 0. The van der Waals surface area contributed by atoms with Crippen molar-refractivity contribution in [3.05, 3.63) is 59.7 Å². The molecule has 2 unspecified atom stereocenters. The van der Waals surface area contributed by atoms with Crippen LogP contribution in [0.2, 0.25) is 0 Å². The molecule has 0 bridgehead atoms. The molecule has 8 nitrogen and oxygen atoms in total. The maximum absolute atomic E-state index is 13.1. The first kappa shape index (κ1) is 24.7. The Labute approximate surface area is 204 Å². The maximum atomic E-state index is 13.1. The van der Waals surface area contributed by atoms with E-state index in [1.165, 1.54) is 4.90 Å². The predicted octanol–water partition coefficient (Wildman–Crippen LogP) is 3.38. The highest BCUT2D eigenvalue weighted by Crippen LogP contribution is 2.44. The zero-order chi connectivity index (χ0) is 25.2. The average Bonchev–Trinajstić information content (AvgIpc) is 3.39. The Hall–Kier alpha value is -3.39. The van der Waals surface area contributed by atoms with Crippen molar-refractivity contribution in [3.8, 4) is 11.1 Å². The van der Waals surface area contributed by atoms with Gasteiger partial charge < -0.3 is 25.2 Å². The molecule has 0 saturated carbocycles. The van der Waals surface area contributed by atoms with Crippen LogP contribution in [0.1, 0.15) is 50.2 Å². The Morgan fingerprint density at radius 2 is 1.66 bits per heavy atom. The smallest absolute Gasteiger partial charge is 0.407 e. The number of carboxylic acids is 1. The highest BCUT2D eigenvalue weighted by molar-refractivity contribution is 5.88. The van der Waals surface area contributed by atoms with Gasteiger partial charge in [0, 0.05) is 18.9 Å². The molecule has 186 valence electrons. The Morgan fingerprint density at radius 3 is 2.20 bits per heavy atom. The summed E-state index contributed by atoms with van der Waals surface area (Å²) in [6.07, 6.45) is 0.345. The first-order valence-electron chi connectivity index (χ1n) is 12.1. The Bertz CT molecular complexity index is 1070. The van der Waals surface area contributed by atoms with Gasteiger partial charge in [-0.15, -0.1) is 0 Å². The van der Waals surface area contributed by atoms with Crippen LogP contribution in [0.4, 0.5) is 4.79 Å². The van der Waals surface area contributed by atoms with Gasteiger partial charge >= 0.3 is 12.1 Å². The maximum Gasteiger partial charge on any atom is 0.407 e. The van der Waals surface area contributed by atoms with Gasteiger partial charge in [0.05, 0.1) is 6.54 Å². The largest absolute Gasteiger partial charge is 0.479 e. The molecular weight excluding hydrogens is 448 g/mol. The number of rotatable bonds is 8. The van der Waals surface area contributed by atoms with Gasteiger partial charge in [0.2, 0.25) is 5.91 Å². The first-order valence-corrected chi connectivity index (χ1v) is 12.1. The molecule has 2 aromatic carbocycles. The van der Waals surface area contributed by atoms with Gasteiger partial charge in [0.1, 0.15) is 12.6 Å². The van der Waals surface area contributed by atoms with E-state index >= 15 is 0 Å². The summed E-state index contributed by atoms with van der Waals surface area (Å²) < 4.78 is 5.60. The minimum atomic E-state index is -1.96. The standard InChI is InChI=1S/C27H32N2O6/c1-17(2)11-12-23(24(30)29-14-13-27(34,16-29)25(31)32)28-26(33)35-15-22-20-9-5-3-7-18(20)19-8-4-6-10-21(19)22/h3-10,17,22-23,34H,11-16H2,1-2H3,(H,28,33)(H,31,32). The van der Waals surface area contributed by atoms with E-state index in [0.717, 1.165) is 22.3 Å². The number of fused-ring (bicyclic) bond motifs is 3. The van der Waals surface area contributed by atoms with Crippen molar-refractivity contribution in [2.75, 3.05) is 19.7 Å². The number of β-amino-alcohol motifs (C(OH)–C–C–N with tert-alkyl or cyclic N) is 1. The normalized spacial score (nSPS) is 19.8. The topological polar surface area (TPSA) is 116 Å². The SMILES string of the molecule is CC(C)CCC(NC(=O)OCC1c2ccccc2-c2ccccc21)C(=O)N1CCC(O)(C(=O)O)C1. The number of carbonyl (C=O) groups is 3. The number of carbonyl (C=O) groups excluding carboxylic acids is 2. The molecule has 3 N–H and O–H groups in total.